The third kappa shape index (κ3) is 3.65. The highest BCUT2D eigenvalue weighted by atomic mass is 16.5. The van der Waals surface area contributed by atoms with Crippen molar-refractivity contribution in [1.82, 2.24) is 9.97 Å². The number of rotatable bonds is 4. The fourth-order valence-corrected chi connectivity index (χ4v) is 3.00. The largest absolute Gasteiger partial charge is 0.427 e. The van der Waals surface area contributed by atoms with E-state index in [-0.39, 0.29) is 5.97 Å². The van der Waals surface area contributed by atoms with Crippen molar-refractivity contribution >= 4 is 5.97 Å². The van der Waals surface area contributed by atoms with Crippen LogP contribution in [0.1, 0.15) is 6.92 Å². The van der Waals surface area contributed by atoms with Crippen LogP contribution in [0.5, 0.6) is 5.75 Å². The zero-order chi connectivity index (χ0) is 18.6. The average molecular weight is 354 g/mol. The summed E-state index contributed by atoms with van der Waals surface area (Å²) < 4.78 is 5.20. The molecule has 0 aliphatic carbocycles. The summed E-state index contributed by atoms with van der Waals surface area (Å²) in [4.78, 5) is 19.5. The van der Waals surface area contributed by atoms with Crippen molar-refractivity contribution in [2.75, 3.05) is 0 Å². The minimum absolute atomic E-state index is 0.346. The second kappa shape index (κ2) is 7.30. The van der Waals surface area contributed by atoms with Gasteiger partial charge in [-0.2, -0.15) is 0 Å². The lowest BCUT2D eigenvalue weighted by molar-refractivity contribution is -0.131. The molecular weight excluding hydrogens is 336 g/mol. The normalized spacial score (nSPS) is 10.6. The minimum atomic E-state index is -0.346. The van der Waals surface area contributed by atoms with E-state index in [1.54, 1.807) is 6.07 Å². The van der Waals surface area contributed by atoms with E-state index in [9.17, 15) is 4.79 Å². The summed E-state index contributed by atoms with van der Waals surface area (Å²) in [7, 11) is 0. The summed E-state index contributed by atoms with van der Waals surface area (Å²) in [5.74, 6) is 0.877. The standard InChI is InChI=1S/C23H18N2O2/c1-16(26)27-20-14-8-13-19(15-20)23-24-21(17-9-4-2-5-10-17)22(25-23)18-11-6-3-7-12-18/h2-15H,1H3,(H,24,25). The molecule has 4 aromatic rings. The lowest BCUT2D eigenvalue weighted by Gasteiger charge is -2.03. The molecular formula is C23H18N2O2. The van der Waals surface area contributed by atoms with Gasteiger partial charge >= 0.3 is 5.97 Å². The number of benzene rings is 3. The molecule has 0 unspecified atom stereocenters. The predicted octanol–water partition coefficient (Wildman–Crippen LogP) is 5.34. The fraction of sp³-hybridized carbons (Fsp3) is 0.0435. The van der Waals surface area contributed by atoms with Gasteiger partial charge in [0.05, 0.1) is 11.4 Å². The third-order valence-electron chi connectivity index (χ3n) is 4.18. The van der Waals surface area contributed by atoms with E-state index in [2.05, 4.69) is 17.1 Å². The Kier molecular flexibility index (Phi) is 4.54. The van der Waals surface area contributed by atoms with E-state index in [0.29, 0.717) is 5.75 Å². The summed E-state index contributed by atoms with van der Waals surface area (Å²) in [5.41, 5.74) is 4.79. The van der Waals surface area contributed by atoms with Crippen molar-refractivity contribution in [3.8, 4) is 39.7 Å². The Hall–Kier alpha value is -3.66. The number of esters is 1. The van der Waals surface area contributed by atoms with E-state index in [1.807, 2.05) is 66.7 Å². The van der Waals surface area contributed by atoms with Gasteiger partial charge in [0.15, 0.2) is 0 Å². The van der Waals surface area contributed by atoms with Gasteiger partial charge in [0, 0.05) is 23.6 Å². The monoisotopic (exact) mass is 354 g/mol. The number of carbonyl (C=O) groups is 1. The molecule has 0 aliphatic rings. The SMILES string of the molecule is CC(=O)Oc1cccc(-c2nc(-c3ccccc3)c(-c3ccccc3)[nH]2)c1. The van der Waals surface area contributed by atoms with Crippen molar-refractivity contribution in [2.45, 2.75) is 6.92 Å². The molecule has 0 fully saturated rings. The number of ether oxygens (including phenoxy) is 1. The van der Waals surface area contributed by atoms with E-state index >= 15 is 0 Å². The second-order valence-electron chi connectivity index (χ2n) is 6.16. The molecule has 0 saturated heterocycles. The van der Waals surface area contributed by atoms with Gasteiger partial charge in [-0.15, -0.1) is 0 Å². The number of carbonyl (C=O) groups excluding carboxylic acids is 1. The number of hydrogen-bond donors (Lipinski definition) is 1. The maximum absolute atomic E-state index is 11.2. The highest BCUT2D eigenvalue weighted by Gasteiger charge is 2.15. The molecule has 1 heterocycles. The number of imidazole rings is 1. The van der Waals surface area contributed by atoms with Crippen LogP contribution >= 0.6 is 0 Å². The lowest BCUT2D eigenvalue weighted by atomic mass is 10.1. The first-order chi connectivity index (χ1) is 13.2. The summed E-state index contributed by atoms with van der Waals surface area (Å²) in [6, 6.07) is 27.5. The van der Waals surface area contributed by atoms with Crippen LogP contribution in [0.2, 0.25) is 0 Å². The summed E-state index contributed by atoms with van der Waals surface area (Å²) in [6.07, 6.45) is 0. The highest BCUT2D eigenvalue weighted by Crippen LogP contribution is 2.33. The van der Waals surface area contributed by atoms with E-state index in [0.717, 1.165) is 33.9 Å². The van der Waals surface area contributed by atoms with Crippen LogP contribution in [0.15, 0.2) is 84.9 Å². The summed E-state index contributed by atoms with van der Waals surface area (Å²) >= 11 is 0. The van der Waals surface area contributed by atoms with Gasteiger partial charge in [-0.3, -0.25) is 4.79 Å². The first-order valence-corrected chi connectivity index (χ1v) is 8.70. The molecule has 1 N–H and O–H groups in total. The number of hydrogen-bond acceptors (Lipinski definition) is 3. The van der Waals surface area contributed by atoms with Crippen LogP contribution in [0, 0.1) is 0 Å². The van der Waals surface area contributed by atoms with Gasteiger partial charge in [-0.25, -0.2) is 4.98 Å². The molecule has 0 amide bonds. The topological polar surface area (TPSA) is 55.0 Å². The molecule has 0 saturated carbocycles. The Balaban J connectivity index is 1.84. The first kappa shape index (κ1) is 16.8. The van der Waals surface area contributed by atoms with Crippen molar-refractivity contribution < 1.29 is 9.53 Å². The number of H-pyrrole nitrogens is 1. The molecule has 4 heteroatoms. The Morgan fingerprint density at radius 1 is 0.815 bits per heavy atom. The first-order valence-electron chi connectivity index (χ1n) is 8.70. The van der Waals surface area contributed by atoms with Crippen molar-refractivity contribution in [3.05, 3.63) is 84.9 Å². The van der Waals surface area contributed by atoms with Crippen LogP contribution < -0.4 is 4.74 Å². The van der Waals surface area contributed by atoms with Gasteiger partial charge in [-0.1, -0.05) is 72.8 Å². The van der Waals surface area contributed by atoms with Gasteiger partial charge in [0.25, 0.3) is 0 Å². The van der Waals surface area contributed by atoms with Gasteiger partial charge < -0.3 is 9.72 Å². The third-order valence-corrected chi connectivity index (χ3v) is 4.18. The van der Waals surface area contributed by atoms with Crippen LogP contribution in [-0.4, -0.2) is 15.9 Å². The number of nitrogens with zero attached hydrogens (tertiary/aromatic N) is 1. The molecule has 0 aliphatic heterocycles. The van der Waals surface area contributed by atoms with Crippen LogP contribution in [0.4, 0.5) is 0 Å². The molecule has 0 radical (unpaired) electrons. The van der Waals surface area contributed by atoms with E-state index < -0.39 is 0 Å². The molecule has 0 spiro atoms. The van der Waals surface area contributed by atoms with E-state index in [1.165, 1.54) is 6.92 Å². The Bertz CT molecular complexity index is 1010. The predicted molar refractivity (Wildman–Crippen MR) is 106 cm³/mol. The molecule has 4 nitrogen and oxygen atoms in total. The van der Waals surface area contributed by atoms with Crippen LogP contribution in [-0.2, 0) is 4.79 Å². The summed E-state index contributed by atoms with van der Waals surface area (Å²) in [5, 5.41) is 0. The Labute approximate surface area is 157 Å². The van der Waals surface area contributed by atoms with Crippen molar-refractivity contribution in [3.63, 3.8) is 0 Å². The van der Waals surface area contributed by atoms with Crippen molar-refractivity contribution in [2.24, 2.45) is 0 Å². The Morgan fingerprint density at radius 2 is 1.44 bits per heavy atom. The number of aromatic amines is 1. The molecule has 27 heavy (non-hydrogen) atoms. The van der Waals surface area contributed by atoms with Gasteiger partial charge in [0.1, 0.15) is 11.6 Å². The summed E-state index contributed by atoms with van der Waals surface area (Å²) in [6.45, 7) is 1.39. The van der Waals surface area contributed by atoms with Gasteiger partial charge in [-0.05, 0) is 12.1 Å². The van der Waals surface area contributed by atoms with Gasteiger partial charge in [0.2, 0.25) is 0 Å². The van der Waals surface area contributed by atoms with Crippen LogP contribution in [0.3, 0.4) is 0 Å². The molecule has 0 bridgehead atoms. The second-order valence-corrected chi connectivity index (χ2v) is 6.16. The minimum Gasteiger partial charge on any atom is -0.427 e. The maximum Gasteiger partial charge on any atom is 0.308 e. The number of aromatic nitrogens is 2. The number of nitrogens with one attached hydrogen (secondary N) is 1. The average Bonchev–Trinajstić information content (AvgIpc) is 3.15. The molecule has 0 atom stereocenters. The van der Waals surface area contributed by atoms with Crippen LogP contribution in [0.25, 0.3) is 33.9 Å². The zero-order valence-electron chi connectivity index (χ0n) is 14.8. The smallest absolute Gasteiger partial charge is 0.308 e. The zero-order valence-corrected chi connectivity index (χ0v) is 14.8. The Morgan fingerprint density at radius 3 is 2.11 bits per heavy atom. The maximum atomic E-state index is 11.2. The van der Waals surface area contributed by atoms with Crippen molar-refractivity contribution in [1.29, 1.82) is 0 Å². The molecule has 4 rings (SSSR count). The quantitative estimate of drug-likeness (QED) is 0.398. The fourth-order valence-electron chi connectivity index (χ4n) is 3.00. The lowest BCUT2D eigenvalue weighted by Crippen LogP contribution is -2.01. The molecule has 132 valence electrons. The van der Waals surface area contributed by atoms with E-state index in [4.69, 9.17) is 9.72 Å². The molecule has 3 aromatic carbocycles. The molecule has 1 aromatic heterocycles. The highest BCUT2D eigenvalue weighted by molar-refractivity contribution is 5.81.